The summed E-state index contributed by atoms with van der Waals surface area (Å²) in [4.78, 5) is 4.57. The number of aromatic nitrogens is 2. The van der Waals surface area contributed by atoms with Crippen molar-refractivity contribution < 1.29 is 0 Å². The van der Waals surface area contributed by atoms with Crippen LogP contribution in [0, 0.1) is 6.92 Å². The maximum absolute atomic E-state index is 4.57. The lowest BCUT2D eigenvalue weighted by Crippen LogP contribution is -2.00. The van der Waals surface area contributed by atoms with Crippen molar-refractivity contribution >= 4 is 27.3 Å². The molecule has 3 nitrogen and oxygen atoms in total. The third-order valence-electron chi connectivity index (χ3n) is 3.07. The van der Waals surface area contributed by atoms with Crippen molar-refractivity contribution in [2.45, 2.75) is 13.5 Å². The van der Waals surface area contributed by atoms with Gasteiger partial charge in [0.15, 0.2) is 0 Å². The zero-order valence-corrected chi connectivity index (χ0v) is 12.2. The van der Waals surface area contributed by atoms with E-state index in [1.807, 2.05) is 41.1 Å². The quantitative estimate of drug-likeness (QED) is 0.791. The Labute approximate surface area is 120 Å². The summed E-state index contributed by atoms with van der Waals surface area (Å²) in [6, 6.07) is 12.2. The van der Waals surface area contributed by atoms with Gasteiger partial charge in [-0.05, 0) is 46.6 Å². The molecule has 0 saturated carbocycles. The predicted molar refractivity (Wildman–Crippen MR) is 81.4 cm³/mol. The van der Waals surface area contributed by atoms with Crippen molar-refractivity contribution in [2.24, 2.45) is 0 Å². The predicted octanol–water partition coefficient (Wildman–Crippen LogP) is 4.02. The molecule has 1 N–H and O–H groups in total. The lowest BCUT2D eigenvalue weighted by Gasteiger charge is -2.08. The lowest BCUT2D eigenvalue weighted by atomic mass is 10.2. The van der Waals surface area contributed by atoms with Crippen LogP contribution in [0.15, 0.2) is 53.3 Å². The van der Waals surface area contributed by atoms with Crippen LogP contribution in [0.2, 0.25) is 0 Å². The van der Waals surface area contributed by atoms with Gasteiger partial charge in [-0.15, -0.1) is 0 Å². The highest BCUT2D eigenvalue weighted by atomic mass is 79.9. The van der Waals surface area contributed by atoms with Crippen LogP contribution in [-0.2, 0) is 6.54 Å². The molecular weight excluding hydrogens is 302 g/mol. The summed E-state index contributed by atoms with van der Waals surface area (Å²) in [6.45, 7) is 2.80. The number of anilines is 1. The Morgan fingerprint density at radius 3 is 2.95 bits per heavy atom. The van der Waals surface area contributed by atoms with Gasteiger partial charge < -0.3 is 9.72 Å². The average Bonchev–Trinajstić information content (AvgIpc) is 2.83. The van der Waals surface area contributed by atoms with Crippen molar-refractivity contribution in [1.82, 2.24) is 9.38 Å². The van der Waals surface area contributed by atoms with E-state index in [-0.39, 0.29) is 0 Å². The number of aryl methyl sites for hydroxylation is 1. The molecule has 2 heterocycles. The summed E-state index contributed by atoms with van der Waals surface area (Å²) in [7, 11) is 0. The van der Waals surface area contributed by atoms with E-state index in [0.717, 1.165) is 21.5 Å². The molecule has 0 spiro atoms. The molecule has 0 aliphatic carbocycles. The SMILES string of the molecule is Cc1cccc(NCc2cn3ccccc3n2)c1Br. The average molecular weight is 316 g/mol. The third-order valence-corrected chi connectivity index (χ3v) is 4.12. The van der Waals surface area contributed by atoms with E-state index in [9.17, 15) is 0 Å². The first-order valence-electron chi connectivity index (χ1n) is 6.15. The van der Waals surface area contributed by atoms with E-state index in [1.165, 1.54) is 5.56 Å². The maximum atomic E-state index is 4.57. The summed E-state index contributed by atoms with van der Waals surface area (Å²) in [5.41, 5.74) is 4.32. The number of halogens is 1. The molecule has 19 heavy (non-hydrogen) atoms. The highest BCUT2D eigenvalue weighted by molar-refractivity contribution is 9.10. The van der Waals surface area contributed by atoms with E-state index < -0.39 is 0 Å². The highest BCUT2D eigenvalue weighted by Crippen LogP contribution is 2.26. The van der Waals surface area contributed by atoms with Crippen LogP contribution in [0.25, 0.3) is 5.65 Å². The first-order chi connectivity index (χ1) is 9.24. The Hall–Kier alpha value is -1.81. The summed E-state index contributed by atoms with van der Waals surface area (Å²) in [5, 5.41) is 3.41. The Kier molecular flexibility index (Phi) is 3.25. The van der Waals surface area contributed by atoms with E-state index >= 15 is 0 Å². The Morgan fingerprint density at radius 2 is 2.11 bits per heavy atom. The van der Waals surface area contributed by atoms with Crippen LogP contribution in [0.4, 0.5) is 5.69 Å². The molecule has 1 aromatic carbocycles. The number of hydrogen-bond donors (Lipinski definition) is 1. The summed E-state index contributed by atoms with van der Waals surface area (Å²) in [6.07, 6.45) is 4.06. The smallest absolute Gasteiger partial charge is 0.137 e. The summed E-state index contributed by atoms with van der Waals surface area (Å²) >= 11 is 3.60. The summed E-state index contributed by atoms with van der Waals surface area (Å²) < 4.78 is 3.14. The van der Waals surface area contributed by atoms with Gasteiger partial charge in [-0.1, -0.05) is 18.2 Å². The number of imidazole rings is 1. The van der Waals surface area contributed by atoms with Crippen LogP contribution in [0.3, 0.4) is 0 Å². The summed E-state index contributed by atoms with van der Waals surface area (Å²) in [5.74, 6) is 0. The highest BCUT2D eigenvalue weighted by Gasteiger charge is 2.04. The molecule has 0 aliphatic rings. The zero-order valence-electron chi connectivity index (χ0n) is 10.6. The fourth-order valence-electron chi connectivity index (χ4n) is 2.04. The molecule has 0 amide bonds. The minimum Gasteiger partial charge on any atom is -0.378 e. The van der Waals surface area contributed by atoms with Gasteiger partial charge >= 0.3 is 0 Å². The maximum Gasteiger partial charge on any atom is 0.137 e. The number of pyridine rings is 1. The number of rotatable bonds is 3. The van der Waals surface area contributed by atoms with E-state index in [1.54, 1.807) is 0 Å². The number of nitrogens with one attached hydrogen (secondary N) is 1. The standard InChI is InChI=1S/C15H14BrN3/c1-11-5-4-6-13(15(11)16)17-9-12-10-19-8-3-2-7-14(19)18-12/h2-8,10,17H,9H2,1H3. The van der Waals surface area contributed by atoms with Gasteiger partial charge in [0.2, 0.25) is 0 Å². The molecule has 0 fully saturated rings. The molecule has 0 atom stereocenters. The molecule has 0 radical (unpaired) electrons. The molecule has 3 rings (SSSR count). The fourth-order valence-corrected chi connectivity index (χ4v) is 2.45. The molecule has 0 unspecified atom stereocenters. The Balaban J connectivity index is 1.80. The molecule has 4 heteroatoms. The second-order valence-corrected chi connectivity index (χ2v) is 5.28. The normalized spacial score (nSPS) is 10.8. The van der Waals surface area contributed by atoms with E-state index in [0.29, 0.717) is 6.54 Å². The van der Waals surface area contributed by atoms with Crippen molar-refractivity contribution in [1.29, 1.82) is 0 Å². The van der Waals surface area contributed by atoms with Crippen LogP contribution in [0.1, 0.15) is 11.3 Å². The van der Waals surface area contributed by atoms with Gasteiger partial charge in [0.25, 0.3) is 0 Å². The molecule has 96 valence electrons. The molecule has 0 aliphatic heterocycles. The minimum atomic E-state index is 0.712. The second kappa shape index (κ2) is 5.05. The molecular formula is C15H14BrN3. The lowest BCUT2D eigenvalue weighted by molar-refractivity contribution is 1.07. The second-order valence-electron chi connectivity index (χ2n) is 4.49. The van der Waals surface area contributed by atoms with E-state index in [2.05, 4.69) is 45.3 Å². The van der Waals surface area contributed by atoms with Crippen molar-refractivity contribution in [2.75, 3.05) is 5.32 Å². The topological polar surface area (TPSA) is 29.3 Å². The molecule has 0 saturated heterocycles. The van der Waals surface area contributed by atoms with Crippen LogP contribution in [0.5, 0.6) is 0 Å². The molecule has 2 aromatic heterocycles. The molecule has 3 aromatic rings. The number of fused-ring (bicyclic) bond motifs is 1. The zero-order chi connectivity index (χ0) is 13.2. The van der Waals surface area contributed by atoms with E-state index in [4.69, 9.17) is 0 Å². The number of hydrogen-bond acceptors (Lipinski definition) is 2. The van der Waals surface area contributed by atoms with Gasteiger partial charge in [-0.2, -0.15) is 0 Å². The van der Waals surface area contributed by atoms with Crippen molar-refractivity contribution in [3.05, 3.63) is 64.5 Å². The number of benzene rings is 1. The van der Waals surface area contributed by atoms with Crippen LogP contribution in [-0.4, -0.2) is 9.38 Å². The number of nitrogens with zero attached hydrogens (tertiary/aromatic N) is 2. The van der Waals surface area contributed by atoms with Crippen LogP contribution >= 0.6 is 15.9 Å². The third kappa shape index (κ3) is 2.49. The van der Waals surface area contributed by atoms with Gasteiger partial charge in [-0.3, -0.25) is 0 Å². The van der Waals surface area contributed by atoms with Crippen molar-refractivity contribution in [3.8, 4) is 0 Å². The van der Waals surface area contributed by atoms with Crippen molar-refractivity contribution in [3.63, 3.8) is 0 Å². The largest absolute Gasteiger partial charge is 0.378 e. The Morgan fingerprint density at radius 1 is 1.21 bits per heavy atom. The van der Waals surface area contributed by atoms with Gasteiger partial charge in [0, 0.05) is 22.6 Å². The molecule has 0 bridgehead atoms. The fraction of sp³-hybridized carbons (Fsp3) is 0.133. The Bertz CT molecular complexity index is 685. The van der Waals surface area contributed by atoms with Gasteiger partial charge in [0.05, 0.1) is 12.2 Å². The monoisotopic (exact) mass is 315 g/mol. The van der Waals surface area contributed by atoms with Gasteiger partial charge in [-0.25, -0.2) is 4.98 Å². The van der Waals surface area contributed by atoms with Gasteiger partial charge in [0.1, 0.15) is 5.65 Å². The van der Waals surface area contributed by atoms with Crippen LogP contribution < -0.4 is 5.32 Å². The minimum absolute atomic E-state index is 0.712. The first-order valence-corrected chi connectivity index (χ1v) is 6.95. The first kappa shape index (κ1) is 12.2.